The van der Waals surface area contributed by atoms with Gasteiger partial charge in [-0.3, -0.25) is 4.79 Å². The van der Waals surface area contributed by atoms with Crippen molar-refractivity contribution in [3.8, 4) is 5.75 Å². The van der Waals surface area contributed by atoms with E-state index in [1.807, 2.05) is 6.92 Å². The van der Waals surface area contributed by atoms with Crippen LogP contribution in [0.1, 0.15) is 17.3 Å². The summed E-state index contributed by atoms with van der Waals surface area (Å²) in [4.78, 5) is 13.7. The number of carbonyl (C=O) groups is 1. The van der Waals surface area contributed by atoms with Crippen molar-refractivity contribution in [2.24, 2.45) is 0 Å². The molecule has 0 fully saturated rings. The van der Waals surface area contributed by atoms with Crippen molar-refractivity contribution in [1.82, 2.24) is 4.90 Å². The molecule has 0 atom stereocenters. The van der Waals surface area contributed by atoms with Crippen LogP contribution in [0.25, 0.3) is 0 Å². The summed E-state index contributed by atoms with van der Waals surface area (Å²) in [5, 5.41) is 0. The third-order valence-corrected chi connectivity index (χ3v) is 2.32. The molecular formula is C13H18N2O2. The lowest BCUT2D eigenvalue weighted by Crippen LogP contribution is -2.28. The van der Waals surface area contributed by atoms with E-state index in [0.29, 0.717) is 30.2 Å². The van der Waals surface area contributed by atoms with E-state index in [4.69, 9.17) is 10.5 Å². The maximum absolute atomic E-state index is 12.2. The number of hydrogen-bond acceptors (Lipinski definition) is 3. The van der Waals surface area contributed by atoms with Gasteiger partial charge < -0.3 is 15.4 Å². The van der Waals surface area contributed by atoms with Crippen molar-refractivity contribution < 1.29 is 9.53 Å². The summed E-state index contributed by atoms with van der Waals surface area (Å²) in [5.74, 6) is 0.361. The largest absolute Gasteiger partial charge is 0.493 e. The summed E-state index contributed by atoms with van der Waals surface area (Å²) in [5.41, 5.74) is 6.68. The first-order valence-electron chi connectivity index (χ1n) is 5.49. The van der Waals surface area contributed by atoms with E-state index in [0.717, 1.165) is 0 Å². The summed E-state index contributed by atoms with van der Waals surface area (Å²) in [6.45, 7) is 6.43. The maximum atomic E-state index is 12.2. The molecule has 1 aromatic rings. The zero-order valence-electron chi connectivity index (χ0n) is 10.3. The second-order valence-electron chi connectivity index (χ2n) is 3.63. The van der Waals surface area contributed by atoms with Crippen molar-refractivity contribution in [3.63, 3.8) is 0 Å². The first-order chi connectivity index (χ1) is 8.11. The number of ether oxygens (including phenoxy) is 1. The Morgan fingerprint density at radius 3 is 2.88 bits per heavy atom. The maximum Gasteiger partial charge on any atom is 0.259 e. The van der Waals surface area contributed by atoms with Gasteiger partial charge in [0.2, 0.25) is 0 Å². The van der Waals surface area contributed by atoms with E-state index in [1.165, 1.54) is 0 Å². The number of benzene rings is 1. The van der Waals surface area contributed by atoms with E-state index in [2.05, 4.69) is 6.58 Å². The fraction of sp³-hybridized carbons (Fsp3) is 0.308. The molecule has 4 heteroatoms. The molecule has 4 nitrogen and oxygen atoms in total. The molecule has 92 valence electrons. The second kappa shape index (κ2) is 5.94. The normalized spacial score (nSPS) is 9.76. The van der Waals surface area contributed by atoms with Gasteiger partial charge in [0.25, 0.3) is 5.91 Å². The summed E-state index contributed by atoms with van der Waals surface area (Å²) in [6.07, 6.45) is 1.66. The van der Waals surface area contributed by atoms with Crippen molar-refractivity contribution in [1.29, 1.82) is 0 Å². The Bertz CT molecular complexity index is 416. The van der Waals surface area contributed by atoms with E-state index >= 15 is 0 Å². The summed E-state index contributed by atoms with van der Waals surface area (Å²) < 4.78 is 5.41. The van der Waals surface area contributed by atoms with Crippen LogP contribution in [0, 0.1) is 0 Å². The smallest absolute Gasteiger partial charge is 0.259 e. The molecule has 17 heavy (non-hydrogen) atoms. The lowest BCUT2D eigenvalue weighted by Gasteiger charge is -2.18. The van der Waals surface area contributed by atoms with Crippen LogP contribution in [0.2, 0.25) is 0 Å². The molecule has 0 aliphatic carbocycles. The second-order valence-corrected chi connectivity index (χ2v) is 3.63. The predicted molar refractivity (Wildman–Crippen MR) is 69.2 cm³/mol. The van der Waals surface area contributed by atoms with E-state index in [9.17, 15) is 4.79 Å². The molecule has 0 saturated heterocycles. The summed E-state index contributed by atoms with van der Waals surface area (Å²) in [6, 6.07) is 5.21. The SMILES string of the molecule is C=CCN(C)C(=O)c1c(N)cccc1OCC. The molecular weight excluding hydrogens is 216 g/mol. The highest BCUT2D eigenvalue weighted by Gasteiger charge is 2.18. The average molecular weight is 234 g/mol. The van der Waals surface area contributed by atoms with Crippen molar-refractivity contribution in [3.05, 3.63) is 36.4 Å². The van der Waals surface area contributed by atoms with Crippen LogP contribution in [0.3, 0.4) is 0 Å². The molecule has 1 amide bonds. The molecule has 1 rings (SSSR count). The van der Waals surface area contributed by atoms with Gasteiger partial charge in [-0.05, 0) is 19.1 Å². The molecule has 0 aliphatic rings. The Morgan fingerprint density at radius 1 is 1.59 bits per heavy atom. The Balaban J connectivity index is 3.10. The number of anilines is 1. The highest BCUT2D eigenvalue weighted by Crippen LogP contribution is 2.25. The summed E-state index contributed by atoms with van der Waals surface area (Å²) >= 11 is 0. The number of nitrogens with two attached hydrogens (primary N) is 1. The summed E-state index contributed by atoms with van der Waals surface area (Å²) in [7, 11) is 1.70. The molecule has 0 radical (unpaired) electrons. The van der Waals surface area contributed by atoms with Gasteiger partial charge in [0.05, 0.1) is 6.61 Å². The minimum Gasteiger partial charge on any atom is -0.493 e. The monoisotopic (exact) mass is 234 g/mol. The zero-order valence-corrected chi connectivity index (χ0v) is 10.3. The Labute approximate surface area is 102 Å². The Morgan fingerprint density at radius 2 is 2.29 bits per heavy atom. The van der Waals surface area contributed by atoms with Crippen molar-refractivity contribution >= 4 is 11.6 Å². The molecule has 2 N–H and O–H groups in total. The molecule has 0 bridgehead atoms. The molecule has 0 spiro atoms. The third-order valence-electron chi connectivity index (χ3n) is 2.32. The van der Waals surface area contributed by atoms with E-state index < -0.39 is 0 Å². The van der Waals surface area contributed by atoms with Crippen LogP contribution >= 0.6 is 0 Å². The number of likely N-dealkylation sites (N-methyl/N-ethyl adjacent to an activating group) is 1. The fourth-order valence-electron chi connectivity index (χ4n) is 1.52. The highest BCUT2D eigenvalue weighted by atomic mass is 16.5. The van der Waals surface area contributed by atoms with E-state index in [1.54, 1.807) is 36.2 Å². The van der Waals surface area contributed by atoms with Gasteiger partial charge in [-0.25, -0.2) is 0 Å². The van der Waals surface area contributed by atoms with E-state index in [-0.39, 0.29) is 5.91 Å². The van der Waals surface area contributed by atoms with Gasteiger partial charge in [-0.1, -0.05) is 12.1 Å². The highest BCUT2D eigenvalue weighted by molar-refractivity contribution is 6.01. The predicted octanol–water partition coefficient (Wildman–Crippen LogP) is 1.93. The van der Waals surface area contributed by atoms with Gasteiger partial charge in [0, 0.05) is 19.3 Å². The number of amides is 1. The lowest BCUT2D eigenvalue weighted by atomic mass is 10.1. The molecule has 0 aromatic heterocycles. The zero-order chi connectivity index (χ0) is 12.8. The number of carbonyl (C=O) groups excluding carboxylic acids is 1. The number of nitrogen functional groups attached to an aromatic ring is 1. The first kappa shape index (κ1) is 13.1. The van der Waals surface area contributed by atoms with Crippen molar-refractivity contribution in [2.75, 3.05) is 25.9 Å². The average Bonchev–Trinajstić information content (AvgIpc) is 2.29. The molecule has 0 unspecified atom stereocenters. The third kappa shape index (κ3) is 3.00. The van der Waals surface area contributed by atoms with Crippen LogP contribution in [-0.2, 0) is 0 Å². The number of rotatable bonds is 5. The van der Waals surface area contributed by atoms with Gasteiger partial charge in [-0.2, -0.15) is 0 Å². The molecule has 1 aromatic carbocycles. The van der Waals surface area contributed by atoms with Crippen molar-refractivity contribution in [2.45, 2.75) is 6.92 Å². The van der Waals surface area contributed by atoms with Gasteiger partial charge in [-0.15, -0.1) is 6.58 Å². The van der Waals surface area contributed by atoms with Crippen LogP contribution in [0.15, 0.2) is 30.9 Å². The quantitative estimate of drug-likeness (QED) is 0.625. The minimum absolute atomic E-state index is 0.161. The Kier molecular flexibility index (Phi) is 4.57. The Hall–Kier alpha value is -1.97. The molecule has 0 saturated carbocycles. The topological polar surface area (TPSA) is 55.6 Å². The molecule has 0 aliphatic heterocycles. The first-order valence-corrected chi connectivity index (χ1v) is 5.49. The van der Waals surface area contributed by atoms with Crippen LogP contribution in [-0.4, -0.2) is 31.0 Å². The standard InChI is InChI=1S/C13H18N2O2/c1-4-9-15(3)13(16)12-10(14)7-6-8-11(12)17-5-2/h4,6-8H,1,5,9,14H2,2-3H3. The molecule has 0 heterocycles. The van der Waals surface area contributed by atoms with Crippen LogP contribution < -0.4 is 10.5 Å². The minimum atomic E-state index is -0.161. The van der Waals surface area contributed by atoms with Gasteiger partial charge >= 0.3 is 0 Å². The number of hydrogen-bond donors (Lipinski definition) is 1. The van der Waals surface area contributed by atoms with Gasteiger partial charge in [0.15, 0.2) is 0 Å². The fourth-order valence-corrected chi connectivity index (χ4v) is 1.52. The lowest BCUT2D eigenvalue weighted by molar-refractivity contribution is 0.0807. The van der Waals surface area contributed by atoms with Crippen LogP contribution in [0.4, 0.5) is 5.69 Å². The van der Waals surface area contributed by atoms with Crippen LogP contribution in [0.5, 0.6) is 5.75 Å². The van der Waals surface area contributed by atoms with Gasteiger partial charge in [0.1, 0.15) is 11.3 Å². The number of nitrogens with zero attached hydrogens (tertiary/aromatic N) is 1.